The number of rotatable bonds is 6. The van der Waals surface area contributed by atoms with Crippen molar-refractivity contribution in [2.45, 2.75) is 44.6 Å². The smallest absolute Gasteiger partial charge is 0.138 e. The second kappa shape index (κ2) is 6.59. The first-order valence-corrected chi connectivity index (χ1v) is 9.79. The first kappa shape index (κ1) is 16.3. The topological polar surface area (TPSA) is 63.6 Å². The second-order valence-electron chi connectivity index (χ2n) is 6.68. The Bertz CT molecular complexity index is 859. The number of nitrogens with one attached hydrogen (secondary N) is 1. The molecule has 2 heterocycles. The first-order chi connectivity index (χ1) is 12.1. The van der Waals surface area contributed by atoms with Crippen molar-refractivity contribution in [3.63, 3.8) is 0 Å². The van der Waals surface area contributed by atoms with Crippen molar-refractivity contribution in [2.24, 2.45) is 4.99 Å². The Kier molecular flexibility index (Phi) is 4.29. The molecule has 0 bridgehead atoms. The van der Waals surface area contributed by atoms with Crippen molar-refractivity contribution in [3.05, 3.63) is 53.2 Å². The van der Waals surface area contributed by atoms with Crippen molar-refractivity contribution >= 4 is 22.5 Å². The van der Waals surface area contributed by atoms with E-state index in [0.717, 1.165) is 35.4 Å². The van der Waals surface area contributed by atoms with E-state index in [1.165, 1.54) is 5.56 Å². The zero-order valence-corrected chi connectivity index (χ0v) is 15.2. The van der Waals surface area contributed by atoms with Crippen LogP contribution in [-0.4, -0.2) is 26.3 Å². The van der Waals surface area contributed by atoms with Crippen LogP contribution in [0, 0.1) is 0 Å². The molecule has 0 amide bonds. The zero-order valence-electron chi connectivity index (χ0n) is 14.4. The van der Waals surface area contributed by atoms with Crippen LogP contribution in [0.3, 0.4) is 0 Å². The Hall–Kier alpha value is -2.21. The molecular weight excluding hydrogens is 334 g/mol. The molecule has 1 aliphatic heterocycles. The lowest BCUT2D eigenvalue weighted by Crippen LogP contribution is -2.11. The summed E-state index contributed by atoms with van der Waals surface area (Å²) in [5.74, 6) is 1.49. The van der Waals surface area contributed by atoms with Gasteiger partial charge in [-0.3, -0.25) is 9.71 Å². The Labute approximate surface area is 150 Å². The maximum Gasteiger partial charge on any atom is 0.138 e. The number of hydrogen-bond donors (Lipinski definition) is 1. The fourth-order valence-electron chi connectivity index (χ4n) is 2.86. The Balaban J connectivity index is 1.60. The van der Waals surface area contributed by atoms with Crippen molar-refractivity contribution in [1.29, 1.82) is 0 Å². The predicted molar refractivity (Wildman–Crippen MR) is 101 cm³/mol. The monoisotopic (exact) mass is 355 g/mol. The average Bonchev–Trinajstić information content (AvgIpc) is 3.35. The second-order valence-corrected chi connectivity index (χ2v) is 8.14. The van der Waals surface area contributed by atoms with Gasteiger partial charge in [0, 0.05) is 17.3 Å². The third-order valence-electron chi connectivity index (χ3n) is 4.18. The highest BCUT2D eigenvalue weighted by Gasteiger charge is 2.29. The van der Waals surface area contributed by atoms with Crippen LogP contribution in [-0.2, 0) is 17.5 Å². The van der Waals surface area contributed by atoms with Crippen molar-refractivity contribution < 1.29 is 8.95 Å². The molecule has 2 aromatic rings. The Morgan fingerprint density at radius 3 is 2.84 bits per heavy atom. The number of ether oxygens (including phenoxy) is 1. The van der Waals surface area contributed by atoms with Gasteiger partial charge in [-0.25, -0.2) is 9.19 Å². The number of aliphatic imine (C=N–C) groups is 1. The van der Waals surface area contributed by atoms with Crippen LogP contribution < -0.4 is 9.46 Å². The summed E-state index contributed by atoms with van der Waals surface area (Å²) in [7, 11) is -1.05. The molecule has 1 atom stereocenters. The summed E-state index contributed by atoms with van der Waals surface area (Å²) in [5.41, 5.74) is 4.20. The molecule has 6 heteroatoms. The van der Waals surface area contributed by atoms with Gasteiger partial charge in [-0.1, -0.05) is 6.07 Å². The van der Waals surface area contributed by atoms with Crippen LogP contribution in [0.25, 0.3) is 0 Å². The van der Waals surface area contributed by atoms with Crippen LogP contribution in [0.1, 0.15) is 43.4 Å². The highest BCUT2D eigenvalue weighted by Crippen LogP contribution is 2.29. The van der Waals surface area contributed by atoms with E-state index in [-0.39, 0.29) is 11.4 Å². The summed E-state index contributed by atoms with van der Waals surface area (Å²) in [6.45, 7) is 4.71. The predicted octanol–water partition coefficient (Wildman–Crippen LogP) is 3.46. The maximum absolute atomic E-state index is 12.1. The van der Waals surface area contributed by atoms with E-state index >= 15 is 0 Å². The van der Waals surface area contributed by atoms with E-state index in [2.05, 4.69) is 21.8 Å². The largest absolute Gasteiger partial charge is 0.491 e. The molecule has 5 nitrogen and oxygen atoms in total. The molecule has 1 aliphatic carbocycles. The quantitative estimate of drug-likeness (QED) is 0.863. The summed E-state index contributed by atoms with van der Waals surface area (Å²) in [6.07, 6.45) is 3.92. The molecule has 1 fully saturated rings. The molecule has 4 rings (SSSR count). The van der Waals surface area contributed by atoms with Gasteiger partial charge in [-0.2, -0.15) is 0 Å². The minimum absolute atomic E-state index is 0.133. The fraction of sp³-hybridized carbons (Fsp3) is 0.368. The molecular formula is C19H21N3O2S. The number of benzene rings is 1. The van der Waals surface area contributed by atoms with E-state index in [0.29, 0.717) is 12.4 Å². The summed E-state index contributed by atoms with van der Waals surface area (Å²) in [6, 6.07) is 9.98. The number of nitrogens with zero attached hydrogens (tertiary/aromatic N) is 2. The molecule has 1 aromatic heterocycles. The number of anilines is 1. The standard InChI is InChI=1S/C19H21N3O2S/c1-12(2)24-15-4-3-14-11-21-19(17(14)10-15)13-7-8-20-18(9-13)22-25(23)16-5-6-16/h3-4,7-10,12,16H,5-6,11H2,1-2H3,(H,20,22). The highest BCUT2D eigenvalue weighted by atomic mass is 32.2. The summed E-state index contributed by atoms with van der Waals surface area (Å²) < 4.78 is 20.9. The first-order valence-electron chi connectivity index (χ1n) is 8.58. The molecule has 0 radical (unpaired) electrons. The number of aromatic nitrogens is 1. The van der Waals surface area contributed by atoms with Gasteiger partial charge in [0.05, 0.1) is 23.6 Å². The number of pyridine rings is 1. The van der Waals surface area contributed by atoms with Crippen molar-refractivity contribution in [2.75, 3.05) is 4.72 Å². The molecule has 130 valence electrons. The fourth-order valence-corrected chi connectivity index (χ4v) is 3.91. The van der Waals surface area contributed by atoms with Gasteiger partial charge < -0.3 is 4.74 Å². The SMILES string of the molecule is CC(C)Oc1ccc2c(c1)C(c1ccnc(NS(=O)C3CC3)c1)=NC2. The van der Waals surface area contributed by atoms with Gasteiger partial charge in [0.15, 0.2) is 0 Å². The van der Waals surface area contributed by atoms with Crippen molar-refractivity contribution in [1.82, 2.24) is 4.98 Å². The normalized spacial score (nSPS) is 17.2. The third kappa shape index (κ3) is 3.58. The van der Waals surface area contributed by atoms with Crippen molar-refractivity contribution in [3.8, 4) is 5.75 Å². The molecule has 0 spiro atoms. The lowest BCUT2D eigenvalue weighted by atomic mass is 10.0. The van der Waals surface area contributed by atoms with Crippen LogP contribution in [0.4, 0.5) is 5.82 Å². The van der Waals surface area contributed by atoms with E-state index in [4.69, 9.17) is 9.73 Å². The number of hydrogen-bond acceptors (Lipinski definition) is 4. The van der Waals surface area contributed by atoms with Gasteiger partial charge in [0.2, 0.25) is 0 Å². The Morgan fingerprint density at radius 2 is 2.08 bits per heavy atom. The lowest BCUT2D eigenvalue weighted by molar-refractivity contribution is 0.242. The third-order valence-corrected chi connectivity index (χ3v) is 5.67. The van der Waals surface area contributed by atoms with Crippen LogP contribution in [0.5, 0.6) is 5.75 Å². The van der Waals surface area contributed by atoms with E-state index in [1.54, 1.807) is 6.20 Å². The minimum atomic E-state index is -1.05. The van der Waals surface area contributed by atoms with Crippen LogP contribution in [0.15, 0.2) is 41.5 Å². The average molecular weight is 355 g/mol. The summed E-state index contributed by atoms with van der Waals surface area (Å²) >= 11 is 0. The molecule has 1 saturated carbocycles. The molecule has 1 N–H and O–H groups in total. The molecule has 1 unspecified atom stereocenters. The van der Waals surface area contributed by atoms with Gasteiger partial charge >= 0.3 is 0 Å². The Morgan fingerprint density at radius 1 is 1.24 bits per heavy atom. The molecule has 0 saturated heterocycles. The minimum Gasteiger partial charge on any atom is -0.491 e. The lowest BCUT2D eigenvalue weighted by Gasteiger charge is -2.12. The van der Waals surface area contributed by atoms with E-state index in [9.17, 15) is 4.21 Å². The van der Waals surface area contributed by atoms with Gasteiger partial charge in [-0.15, -0.1) is 0 Å². The number of fused-ring (bicyclic) bond motifs is 1. The van der Waals surface area contributed by atoms with Gasteiger partial charge in [-0.05, 0) is 56.5 Å². The summed E-state index contributed by atoms with van der Waals surface area (Å²) in [5, 5.41) is 0.269. The van der Waals surface area contributed by atoms with E-state index in [1.807, 2.05) is 32.0 Å². The van der Waals surface area contributed by atoms with Gasteiger partial charge in [0.25, 0.3) is 0 Å². The van der Waals surface area contributed by atoms with E-state index < -0.39 is 11.0 Å². The van der Waals surface area contributed by atoms with Crippen LogP contribution >= 0.6 is 0 Å². The van der Waals surface area contributed by atoms with Gasteiger partial charge in [0.1, 0.15) is 22.6 Å². The zero-order chi connectivity index (χ0) is 17.4. The molecule has 25 heavy (non-hydrogen) atoms. The summed E-state index contributed by atoms with van der Waals surface area (Å²) in [4.78, 5) is 8.98. The maximum atomic E-state index is 12.1. The molecule has 2 aliphatic rings. The van der Waals surface area contributed by atoms with Crippen LogP contribution in [0.2, 0.25) is 0 Å². The highest BCUT2D eigenvalue weighted by molar-refractivity contribution is 7.87. The molecule has 1 aromatic carbocycles.